The number of aliphatic hydroxyl groups excluding tert-OH is 3. The van der Waals surface area contributed by atoms with Gasteiger partial charge in [0.05, 0.1) is 31.3 Å². The van der Waals surface area contributed by atoms with Gasteiger partial charge in [0.15, 0.2) is 18.4 Å². The number of carbonyl (C=O) groups excluding carboxylic acids is 1. The molecular weight excluding hydrogens is 544 g/mol. The average molecular weight is 598 g/mol. The van der Waals surface area contributed by atoms with Crippen LogP contribution < -0.4 is 16.0 Å². The minimum Gasteiger partial charge on any atom is -0.486 e. The van der Waals surface area contributed by atoms with Crippen molar-refractivity contribution in [1.82, 2.24) is 16.0 Å². The molecule has 42 heavy (non-hydrogen) atoms. The first-order chi connectivity index (χ1) is 20.0. The topological polar surface area (TPSA) is 165 Å². The lowest BCUT2D eigenvalue weighted by atomic mass is 9.69. The number of carbonyl (C=O) groups is 1. The van der Waals surface area contributed by atoms with Gasteiger partial charge in [0.1, 0.15) is 29.7 Å². The van der Waals surface area contributed by atoms with Crippen molar-refractivity contribution in [2.75, 3.05) is 33.3 Å². The van der Waals surface area contributed by atoms with Crippen molar-refractivity contribution in [3.8, 4) is 0 Å². The highest BCUT2D eigenvalue weighted by atomic mass is 16.7. The van der Waals surface area contributed by atoms with Crippen molar-refractivity contribution in [1.29, 1.82) is 0 Å². The number of nitrogens with one attached hydrogen (secondary N) is 3. The third-order valence-electron chi connectivity index (χ3n) is 9.32. The first-order valence-electron chi connectivity index (χ1n) is 15.7. The standard InChI is InChI=1S/C30H52N4O8/c1-6-8-11-32-15-18-9-10-20(34-12-13-34)26(41-18)22-17(3)14-19(33-28(38)21(35)7-2)25(23(22)36)42-29-24(37)27(31-5)30(4,39)16-40-29/h9,12,17,19-27,29,31-32,35-37,39H,6-8,10-11,13-16H2,1-5H3/p+1. The second kappa shape index (κ2) is 14.4. The molecule has 0 bridgehead atoms. The molecule has 3 aliphatic heterocycles. The number of ether oxygens (including phenoxy) is 3. The molecule has 2 fully saturated rings. The van der Waals surface area contributed by atoms with Crippen LogP contribution in [0.5, 0.6) is 0 Å². The van der Waals surface area contributed by atoms with E-state index in [0.29, 0.717) is 13.0 Å². The van der Waals surface area contributed by atoms with E-state index in [9.17, 15) is 25.2 Å². The van der Waals surface area contributed by atoms with Crippen LogP contribution in [0, 0.1) is 11.8 Å². The van der Waals surface area contributed by atoms with Crippen LogP contribution in [0.4, 0.5) is 0 Å². The van der Waals surface area contributed by atoms with Crippen molar-refractivity contribution in [2.24, 2.45) is 11.8 Å². The van der Waals surface area contributed by atoms with Crippen LogP contribution in [0.3, 0.4) is 0 Å². The van der Waals surface area contributed by atoms with E-state index >= 15 is 0 Å². The Hall–Kier alpha value is -1.64. The molecule has 12 atom stereocenters. The van der Waals surface area contributed by atoms with E-state index in [1.54, 1.807) is 20.9 Å². The van der Waals surface area contributed by atoms with Crippen LogP contribution >= 0.6 is 0 Å². The molecule has 1 saturated carbocycles. The fraction of sp³-hybridized carbons (Fsp3) is 0.867. The molecule has 0 aromatic rings. The number of amides is 1. The number of nitrogens with zero attached hydrogens (tertiary/aromatic N) is 1. The molecule has 1 amide bonds. The van der Waals surface area contributed by atoms with E-state index in [4.69, 9.17) is 14.2 Å². The van der Waals surface area contributed by atoms with Gasteiger partial charge in [-0.25, -0.2) is 4.58 Å². The summed E-state index contributed by atoms with van der Waals surface area (Å²) in [5.74, 6) is -0.0880. The molecule has 1 aliphatic carbocycles. The van der Waals surface area contributed by atoms with Crippen molar-refractivity contribution in [3.63, 3.8) is 0 Å². The largest absolute Gasteiger partial charge is 0.486 e. The van der Waals surface area contributed by atoms with Gasteiger partial charge in [0.25, 0.3) is 0 Å². The van der Waals surface area contributed by atoms with Crippen LogP contribution in [-0.4, -0.2) is 131 Å². The van der Waals surface area contributed by atoms with Crippen molar-refractivity contribution in [2.45, 2.75) is 120 Å². The summed E-state index contributed by atoms with van der Waals surface area (Å²) in [6.45, 7) is 9.78. The van der Waals surface area contributed by atoms with Gasteiger partial charge in [-0.1, -0.05) is 27.2 Å². The third kappa shape index (κ3) is 7.52. The van der Waals surface area contributed by atoms with Gasteiger partial charge in [0.2, 0.25) is 18.7 Å². The molecular formula is C30H53N4O8+. The van der Waals surface area contributed by atoms with Gasteiger partial charge in [-0.3, -0.25) is 4.79 Å². The summed E-state index contributed by atoms with van der Waals surface area (Å²) < 4.78 is 21.0. The summed E-state index contributed by atoms with van der Waals surface area (Å²) in [6.07, 6.45) is 2.00. The zero-order valence-electron chi connectivity index (χ0n) is 25.7. The van der Waals surface area contributed by atoms with Crippen molar-refractivity contribution in [3.05, 3.63) is 11.8 Å². The Balaban J connectivity index is 1.58. The highest BCUT2D eigenvalue weighted by molar-refractivity contribution is 5.80. The Morgan fingerprint density at radius 3 is 2.67 bits per heavy atom. The summed E-state index contributed by atoms with van der Waals surface area (Å²) in [4.78, 5) is 12.8. The Bertz CT molecular complexity index is 977. The highest BCUT2D eigenvalue weighted by Gasteiger charge is 2.55. The number of hydrogen-bond donors (Lipinski definition) is 7. The number of aliphatic hydroxyl groups is 4. The van der Waals surface area contributed by atoms with Crippen LogP contribution in [0.2, 0.25) is 0 Å². The van der Waals surface area contributed by atoms with E-state index in [-0.39, 0.29) is 37.0 Å². The minimum atomic E-state index is -1.33. The monoisotopic (exact) mass is 597 g/mol. The molecule has 7 N–H and O–H groups in total. The third-order valence-corrected chi connectivity index (χ3v) is 9.32. The van der Waals surface area contributed by atoms with Crippen LogP contribution in [0.1, 0.15) is 59.8 Å². The molecule has 4 rings (SSSR count). The molecule has 0 aromatic carbocycles. The molecule has 12 unspecified atom stereocenters. The van der Waals surface area contributed by atoms with Gasteiger partial charge in [-0.2, -0.15) is 0 Å². The van der Waals surface area contributed by atoms with E-state index < -0.39 is 54.3 Å². The molecule has 240 valence electrons. The highest BCUT2D eigenvalue weighted by Crippen LogP contribution is 2.41. The molecule has 1 saturated heterocycles. The maximum atomic E-state index is 12.8. The van der Waals surface area contributed by atoms with Crippen LogP contribution in [-0.2, 0) is 19.0 Å². The van der Waals surface area contributed by atoms with E-state index in [0.717, 1.165) is 38.1 Å². The molecule has 0 aromatic heterocycles. The summed E-state index contributed by atoms with van der Waals surface area (Å²) in [5.41, 5.74) is -1.33. The molecule has 12 heteroatoms. The summed E-state index contributed by atoms with van der Waals surface area (Å²) in [7, 11) is 1.64. The van der Waals surface area contributed by atoms with E-state index in [1.165, 1.54) is 0 Å². The zero-order valence-corrected chi connectivity index (χ0v) is 25.7. The number of rotatable bonds is 13. The predicted octanol–water partition coefficient (Wildman–Crippen LogP) is -0.772. The molecule has 4 aliphatic rings. The van der Waals surface area contributed by atoms with Gasteiger partial charge in [-0.05, 0) is 51.8 Å². The van der Waals surface area contributed by atoms with Crippen molar-refractivity contribution < 1.29 is 44.0 Å². The molecule has 3 heterocycles. The Labute approximate surface area is 249 Å². The lowest BCUT2D eigenvalue weighted by molar-refractivity contribution is -0.503. The normalized spacial score (nSPS) is 40.9. The number of hydrogen-bond acceptors (Lipinski definition) is 10. The Morgan fingerprint density at radius 2 is 2.02 bits per heavy atom. The second-order valence-electron chi connectivity index (χ2n) is 12.7. The fourth-order valence-corrected chi connectivity index (χ4v) is 6.80. The molecule has 0 spiro atoms. The average Bonchev–Trinajstić information content (AvgIpc) is 3.79. The van der Waals surface area contributed by atoms with Gasteiger partial charge >= 0.3 is 0 Å². The van der Waals surface area contributed by atoms with Gasteiger partial charge in [0, 0.05) is 12.3 Å². The van der Waals surface area contributed by atoms with E-state index in [1.807, 2.05) is 6.92 Å². The SMILES string of the molecule is CCCCNCC1=CCC([N+]2=CC2)C(C2C(C)CC(NC(=O)C(O)CC)C(OC3OCC(C)(O)C(NC)C3O)C2O)O1. The smallest absolute Gasteiger partial charge is 0.249 e. The maximum Gasteiger partial charge on any atom is 0.249 e. The summed E-state index contributed by atoms with van der Waals surface area (Å²) in [6, 6.07) is -1.33. The van der Waals surface area contributed by atoms with Crippen molar-refractivity contribution >= 4 is 12.1 Å². The lowest BCUT2D eigenvalue weighted by Gasteiger charge is -2.50. The minimum absolute atomic E-state index is 0.0560. The first-order valence-corrected chi connectivity index (χ1v) is 15.7. The quantitative estimate of drug-likeness (QED) is 0.106. The Morgan fingerprint density at radius 1 is 1.29 bits per heavy atom. The second-order valence-corrected chi connectivity index (χ2v) is 12.7. The molecule has 12 nitrogen and oxygen atoms in total. The summed E-state index contributed by atoms with van der Waals surface area (Å²) >= 11 is 0. The van der Waals surface area contributed by atoms with E-state index in [2.05, 4.69) is 39.7 Å². The lowest BCUT2D eigenvalue weighted by Crippen LogP contribution is -2.68. The molecule has 0 radical (unpaired) electrons. The fourth-order valence-electron chi connectivity index (χ4n) is 6.80. The summed E-state index contributed by atoms with van der Waals surface area (Å²) in [5, 5.41) is 53.3. The van der Waals surface area contributed by atoms with Gasteiger partial charge < -0.3 is 50.6 Å². The van der Waals surface area contributed by atoms with Crippen LogP contribution in [0.15, 0.2) is 11.8 Å². The maximum absolute atomic E-state index is 12.8. The zero-order chi connectivity index (χ0) is 30.6. The predicted molar refractivity (Wildman–Crippen MR) is 156 cm³/mol. The first kappa shape index (κ1) is 33.3. The Kier molecular flexibility index (Phi) is 11.4. The number of unbranched alkanes of at least 4 members (excludes halogenated alkanes) is 1. The van der Waals surface area contributed by atoms with Crippen LogP contribution in [0.25, 0.3) is 0 Å². The van der Waals surface area contributed by atoms with Gasteiger partial charge in [-0.15, -0.1) is 0 Å². The number of likely N-dealkylation sites (N-methyl/N-ethyl adjacent to an activating group) is 1.